The normalized spacial score (nSPS) is 12.5. The Kier molecular flexibility index (Phi) is 5.67. The molecule has 0 saturated carbocycles. The first-order valence-corrected chi connectivity index (χ1v) is 7.20. The van der Waals surface area contributed by atoms with Gasteiger partial charge in [0, 0.05) is 31.1 Å². The van der Waals surface area contributed by atoms with Crippen molar-refractivity contribution >= 4 is 6.03 Å². The molecule has 2 heterocycles. The van der Waals surface area contributed by atoms with Crippen LogP contribution in [0.1, 0.15) is 30.2 Å². The highest BCUT2D eigenvalue weighted by atomic mass is 19.4. The number of nitrogens with zero attached hydrogens (tertiary/aromatic N) is 3. The van der Waals surface area contributed by atoms with E-state index in [2.05, 4.69) is 25.6 Å². The average molecular weight is 339 g/mol. The second-order valence-corrected chi connectivity index (χ2v) is 4.99. The van der Waals surface area contributed by atoms with Crippen LogP contribution in [0, 0.1) is 0 Å². The molecule has 0 saturated heterocycles. The second-order valence-electron chi connectivity index (χ2n) is 4.99. The first-order valence-electron chi connectivity index (χ1n) is 7.20. The van der Waals surface area contributed by atoms with Gasteiger partial charge in [-0.1, -0.05) is 6.07 Å². The lowest BCUT2D eigenvalue weighted by Crippen LogP contribution is -2.38. The molecule has 2 rings (SSSR count). The maximum Gasteiger partial charge on any atom is 0.433 e. The smallest absolute Gasteiger partial charge is 0.338 e. The fourth-order valence-corrected chi connectivity index (χ4v) is 1.90. The summed E-state index contributed by atoms with van der Waals surface area (Å²) in [7, 11) is 0. The Hall–Kier alpha value is -2.71. The molecule has 9 heteroatoms. The highest BCUT2D eigenvalue weighted by Crippen LogP contribution is 2.27. The molecule has 0 aliphatic carbocycles. The van der Waals surface area contributed by atoms with Gasteiger partial charge in [-0.25, -0.2) is 14.8 Å². The number of pyridine rings is 1. The largest absolute Gasteiger partial charge is 0.433 e. The highest BCUT2D eigenvalue weighted by molar-refractivity contribution is 5.74. The number of aromatic nitrogens is 3. The van der Waals surface area contributed by atoms with Crippen molar-refractivity contribution in [3.63, 3.8) is 0 Å². The summed E-state index contributed by atoms with van der Waals surface area (Å²) in [6.07, 6.45) is -1.34. The summed E-state index contributed by atoms with van der Waals surface area (Å²) in [5.41, 5.74) is -0.219. The minimum absolute atomic E-state index is 0.107. The van der Waals surface area contributed by atoms with E-state index in [0.29, 0.717) is 13.0 Å². The van der Waals surface area contributed by atoms with E-state index in [9.17, 15) is 18.0 Å². The summed E-state index contributed by atoms with van der Waals surface area (Å²) < 4.78 is 37.9. The molecule has 128 valence electrons. The van der Waals surface area contributed by atoms with Gasteiger partial charge in [0.25, 0.3) is 0 Å². The van der Waals surface area contributed by atoms with Gasteiger partial charge < -0.3 is 10.6 Å². The topological polar surface area (TPSA) is 79.8 Å². The third kappa shape index (κ3) is 5.18. The maximum absolute atomic E-state index is 12.6. The first-order chi connectivity index (χ1) is 11.4. The van der Waals surface area contributed by atoms with Crippen LogP contribution in [0.25, 0.3) is 0 Å². The molecule has 0 bridgehead atoms. The Labute approximate surface area is 136 Å². The van der Waals surface area contributed by atoms with Crippen molar-refractivity contribution < 1.29 is 18.0 Å². The van der Waals surface area contributed by atoms with Crippen molar-refractivity contribution in [2.24, 2.45) is 0 Å². The molecule has 0 aliphatic heterocycles. The number of rotatable bonds is 5. The van der Waals surface area contributed by atoms with E-state index < -0.39 is 23.9 Å². The Morgan fingerprint density at radius 2 is 2.00 bits per heavy atom. The lowest BCUT2D eigenvalue weighted by Gasteiger charge is -2.14. The SMILES string of the molecule is CC(NC(=O)NCCc1ccccn1)c1nccc(C(F)(F)F)n1. The van der Waals surface area contributed by atoms with Gasteiger partial charge >= 0.3 is 12.2 Å². The molecule has 0 aliphatic rings. The van der Waals surface area contributed by atoms with Crippen LogP contribution in [-0.4, -0.2) is 27.5 Å². The monoisotopic (exact) mass is 339 g/mol. The molecule has 0 radical (unpaired) electrons. The summed E-state index contributed by atoms with van der Waals surface area (Å²) in [6.45, 7) is 1.85. The fraction of sp³-hybridized carbons (Fsp3) is 0.333. The van der Waals surface area contributed by atoms with Gasteiger partial charge in [-0.2, -0.15) is 13.2 Å². The number of halogens is 3. The van der Waals surface area contributed by atoms with Gasteiger partial charge in [0.2, 0.25) is 0 Å². The standard InChI is InChI=1S/C15H16F3N5O/c1-10(13-20-9-6-12(23-13)15(16,17)18)22-14(24)21-8-5-11-4-2-3-7-19-11/h2-4,6-7,9-10H,5,8H2,1H3,(H2,21,22,24). The molecule has 24 heavy (non-hydrogen) atoms. The number of urea groups is 1. The van der Waals surface area contributed by atoms with E-state index in [1.165, 1.54) is 6.92 Å². The first kappa shape index (κ1) is 17.6. The Morgan fingerprint density at radius 1 is 1.21 bits per heavy atom. The van der Waals surface area contributed by atoms with Gasteiger partial charge in [0.1, 0.15) is 5.69 Å². The molecular formula is C15H16F3N5O. The van der Waals surface area contributed by atoms with Crippen LogP contribution < -0.4 is 10.6 Å². The van der Waals surface area contributed by atoms with E-state index in [0.717, 1.165) is 18.0 Å². The van der Waals surface area contributed by atoms with Crippen LogP contribution >= 0.6 is 0 Å². The molecular weight excluding hydrogens is 323 g/mol. The van der Waals surface area contributed by atoms with E-state index >= 15 is 0 Å². The highest BCUT2D eigenvalue weighted by Gasteiger charge is 2.33. The van der Waals surface area contributed by atoms with E-state index in [1.807, 2.05) is 12.1 Å². The predicted octanol–water partition coefficient (Wildman–Crippen LogP) is 2.49. The fourth-order valence-electron chi connectivity index (χ4n) is 1.90. The minimum Gasteiger partial charge on any atom is -0.338 e. The molecule has 1 atom stereocenters. The van der Waals surface area contributed by atoms with Crippen molar-refractivity contribution in [3.05, 3.63) is 53.9 Å². The second kappa shape index (κ2) is 7.71. The zero-order chi connectivity index (χ0) is 17.6. The van der Waals surface area contributed by atoms with Crippen LogP contribution in [0.2, 0.25) is 0 Å². The molecule has 2 aromatic heterocycles. The van der Waals surface area contributed by atoms with Gasteiger partial charge in [-0.3, -0.25) is 4.98 Å². The van der Waals surface area contributed by atoms with Gasteiger partial charge in [0.05, 0.1) is 6.04 Å². The molecule has 2 aromatic rings. The molecule has 0 fully saturated rings. The van der Waals surface area contributed by atoms with E-state index in [-0.39, 0.29) is 5.82 Å². The van der Waals surface area contributed by atoms with E-state index in [1.54, 1.807) is 12.3 Å². The Balaban J connectivity index is 1.85. The number of carbonyl (C=O) groups is 1. The number of hydrogen-bond acceptors (Lipinski definition) is 4. The zero-order valence-corrected chi connectivity index (χ0v) is 12.8. The quantitative estimate of drug-likeness (QED) is 0.877. The summed E-state index contributed by atoms with van der Waals surface area (Å²) in [6, 6.07) is 4.97. The van der Waals surface area contributed by atoms with Gasteiger partial charge in [0.15, 0.2) is 5.82 Å². The van der Waals surface area contributed by atoms with Crippen LogP contribution in [-0.2, 0) is 12.6 Å². The summed E-state index contributed by atoms with van der Waals surface area (Å²) >= 11 is 0. The predicted molar refractivity (Wildman–Crippen MR) is 79.9 cm³/mol. The Morgan fingerprint density at radius 3 is 2.67 bits per heavy atom. The van der Waals surface area contributed by atoms with Crippen LogP contribution in [0.3, 0.4) is 0 Å². The lowest BCUT2D eigenvalue weighted by molar-refractivity contribution is -0.141. The van der Waals surface area contributed by atoms with Gasteiger partial charge in [-0.15, -0.1) is 0 Å². The molecule has 0 spiro atoms. The van der Waals surface area contributed by atoms with Crippen molar-refractivity contribution in [1.29, 1.82) is 0 Å². The third-order valence-corrected chi connectivity index (χ3v) is 3.09. The molecule has 2 amide bonds. The van der Waals surface area contributed by atoms with Crippen molar-refractivity contribution in [3.8, 4) is 0 Å². The lowest BCUT2D eigenvalue weighted by atomic mass is 10.2. The number of alkyl halides is 3. The molecule has 6 nitrogen and oxygen atoms in total. The van der Waals surface area contributed by atoms with Crippen molar-refractivity contribution in [1.82, 2.24) is 25.6 Å². The Bertz CT molecular complexity index is 678. The van der Waals surface area contributed by atoms with E-state index in [4.69, 9.17) is 0 Å². The summed E-state index contributed by atoms with van der Waals surface area (Å²) in [5, 5.41) is 5.11. The van der Waals surface area contributed by atoms with Crippen LogP contribution in [0.5, 0.6) is 0 Å². The molecule has 1 unspecified atom stereocenters. The van der Waals surface area contributed by atoms with Crippen LogP contribution in [0.4, 0.5) is 18.0 Å². The molecule has 2 N–H and O–H groups in total. The third-order valence-electron chi connectivity index (χ3n) is 3.09. The number of carbonyl (C=O) groups excluding carboxylic acids is 1. The van der Waals surface area contributed by atoms with Crippen LogP contribution in [0.15, 0.2) is 36.7 Å². The summed E-state index contributed by atoms with van der Waals surface area (Å²) in [5.74, 6) is -0.107. The minimum atomic E-state index is -4.55. The average Bonchev–Trinajstić information content (AvgIpc) is 2.55. The van der Waals surface area contributed by atoms with Crippen molar-refractivity contribution in [2.45, 2.75) is 25.6 Å². The number of hydrogen-bond donors (Lipinski definition) is 2. The zero-order valence-electron chi connectivity index (χ0n) is 12.8. The van der Waals surface area contributed by atoms with Gasteiger partial charge in [-0.05, 0) is 25.1 Å². The molecule has 0 aromatic carbocycles. The number of nitrogens with one attached hydrogen (secondary N) is 2. The van der Waals surface area contributed by atoms with Crippen molar-refractivity contribution in [2.75, 3.05) is 6.54 Å². The maximum atomic E-state index is 12.6. The summed E-state index contributed by atoms with van der Waals surface area (Å²) in [4.78, 5) is 23.1. The number of amides is 2.